The molecule has 1 amide bonds. The fourth-order valence-electron chi connectivity index (χ4n) is 2.00. The van der Waals surface area contributed by atoms with Crippen molar-refractivity contribution in [1.29, 1.82) is 0 Å². The third kappa shape index (κ3) is 2.05. The van der Waals surface area contributed by atoms with Crippen LogP contribution in [0.3, 0.4) is 0 Å². The third-order valence-corrected chi connectivity index (χ3v) is 2.82. The Bertz CT molecular complexity index is 388. The fraction of sp³-hybridized carbons (Fsp3) is 0.500. The highest BCUT2D eigenvalue weighted by Gasteiger charge is 2.34. The number of carboxylic acids is 1. The number of amides is 1. The van der Waals surface area contributed by atoms with Crippen molar-refractivity contribution >= 4 is 11.9 Å². The van der Waals surface area contributed by atoms with Crippen LogP contribution in [0.4, 0.5) is 0 Å². The van der Waals surface area contributed by atoms with Gasteiger partial charge in [-0.15, -0.1) is 0 Å². The van der Waals surface area contributed by atoms with E-state index in [2.05, 4.69) is 15.0 Å². The zero-order chi connectivity index (χ0) is 11.5. The number of carbonyl (C=O) groups is 2. The normalized spacial score (nSPS) is 24.2. The third-order valence-electron chi connectivity index (χ3n) is 2.82. The molecule has 6 heteroatoms. The lowest BCUT2D eigenvalue weighted by atomic mass is 10.0. The number of rotatable bonds is 3. The van der Waals surface area contributed by atoms with E-state index in [0.717, 1.165) is 6.42 Å². The van der Waals surface area contributed by atoms with Crippen molar-refractivity contribution in [2.45, 2.75) is 25.3 Å². The summed E-state index contributed by atoms with van der Waals surface area (Å²) in [4.78, 5) is 22.5. The summed E-state index contributed by atoms with van der Waals surface area (Å²) in [5, 5.41) is 15.1. The van der Waals surface area contributed by atoms with Crippen LogP contribution < -0.4 is 5.32 Å². The lowest BCUT2D eigenvalue weighted by Crippen LogP contribution is -2.40. The van der Waals surface area contributed by atoms with Gasteiger partial charge in [0.15, 0.2) is 5.69 Å². The molecule has 0 aliphatic heterocycles. The van der Waals surface area contributed by atoms with Crippen LogP contribution in [0.25, 0.3) is 0 Å². The summed E-state index contributed by atoms with van der Waals surface area (Å²) in [6, 6.07) is 1.14. The van der Waals surface area contributed by atoms with Gasteiger partial charge in [0, 0.05) is 12.1 Å². The first-order chi connectivity index (χ1) is 7.68. The molecule has 2 N–H and O–H groups in total. The standard InChI is InChI=1S/C10H12N2O4/c13-9(8-4-5-16-12-8)11-7-3-1-2-6(7)10(14)15/h4-7H,1-3H2,(H,11,13)(H,14,15). The number of carboxylic acid groups (broad SMARTS) is 1. The molecular formula is C10H12N2O4. The minimum absolute atomic E-state index is 0.177. The van der Waals surface area contributed by atoms with Crippen molar-refractivity contribution < 1.29 is 19.2 Å². The molecule has 1 aromatic rings. The average molecular weight is 224 g/mol. The van der Waals surface area contributed by atoms with Crippen LogP contribution in [0, 0.1) is 5.92 Å². The second kappa shape index (κ2) is 4.34. The summed E-state index contributed by atoms with van der Waals surface area (Å²) in [6.45, 7) is 0. The summed E-state index contributed by atoms with van der Waals surface area (Å²) in [5.41, 5.74) is 0.177. The Morgan fingerprint density at radius 2 is 2.31 bits per heavy atom. The van der Waals surface area contributed by atoms with Gasteiger partial charge in [-0.3, -0.25) is 9.59 Å². The number of nitrogens with one attached hydrogen (secondary N) is 1. The van der Waals surface area contributed by atoms with Crippen LogP contribution in [0.15, 0.2) is 16.9 Å². The fourth-order valence-corrected chi connectivity index (χ4v) is 2.00. The molecule has 1 aliphatic carbocycles. The van der Waals surface area contributed by atoms with E-state index in [9.17, 15) is 9.59 Å². The Morgan fingerprint density at radius 1 is 1.50 bits per heavy atom. The van der Waals surface area contributed by atoms with Crippen LogP contribution in [0.5, 0.6) is 0 Å². The van der Waals surface area contributed by atoms with Crippen molar-refractivity contribution in [3.05, 3.63) is 18.0 Å². The molecule has 1 fully saturated rings. The number of aromatic nitrogens is 1. The number of nitrogens with zero attached hydrogens (tertiary/aromatic N) is 1. The lowest BCUT2D eigenvalue weighted by molar-refractivity contribution is -0.142. The smallest absolute Gasteiger partial charge is 0.308 e. The maximum atomic E-state index is 11.6. The van der Waals surface area contributed by atoms with Crippen LogP contribution in [0.1, 0.15) is 29.8 Å². The van der Waals surface area contributed by atoms with E-state index in [1.807, 2.05) is 0 Å². The van der Waals surface area contributed by atoms with Gasteiger partial charge in [-0.25, -0.2) is 0 Å². The molecule has 1 heterocycles. The molecule has 1 saturated carbocycles. The second-order valence-electron chi connectivity index (χ2n) is 3.84. The summed E-state index contributed by atoms with van der Waals surface area (Å²) < 4.78 is 4.55. The Balaban J connectivity index is 1.99. The first-order valence-corrected chi connectivity index (χ1v) is 5.12. The lowest BCUT2D eigenvalue weighted by Gasteiger charge is -2.16. The molecule has 0 spiro atoms. The number of hydrogen-bond donors (Lipinski definition) is 2. The summed E-state index contributed by atoms with van der Waals surface area (Å²) in [5.74, 6) is -1.73. The molecule has 0 bridgehead atoms. The number of hydrogen-bond acceptors (Lipinski definition) is 4. The van der Waals surface area contributed by atoms with Crippen LogP contribution in [-0.4, -0.2) is 28.2 Å². The summed E-state index contributed by atoms with van der Waals surface area (Å²) in [6.07, 6.45) is 3.43. The Labute approximate surface area is 91.6 Å². The van der Waals surface area contributed by atoms with Gasteiger partial charge in [-0.2, -0.15) is 0 Å². The maximum Gasteiger partial charge on any atom is 0.308 e. The van der Waals surface area contributed by atoms with Crippen molar-refractivity contribution in [2.75, 3.05) is 0 Å². The van der Waals surface area contributed by atoms with Crippen LogP contribution in [0.2, 0.25) is 0 Å². The van der Waals surface area contributed by atoms with E-state index in [0.29, 0.717) is 12.8 Å². The largest absolute Gasteiger partial charge is 0.481 e. The van der Waals surface area contributed by atoms with Crippen molar-refractivity contribution in [1.82, 2.24) is 10.5 Å². The molecule has 1 aliphatic rings. The second-order valence-corrected chi connectivity index (χ2v) is 3.84. The molecule has 2 atom stereocenters. The van der Waals surface area contributed by atoms with Gasteiger partial charge in [0.05, 0.1) is 5.92 Å². The highest BCUT2D eigenvalue weighted by atomic mass is 16.5. The Morgan fingerprint density at radius 3 is 2.94 bits per heavy atom. The molecule has 2 unspecified atom stereocenters. The predicted molar refractivity (Wildman–Crippen MR) is 52.7 cm³/mol. The SMILES string of the molecule is O=C(NC1CCCC1C(=O)O)c1ccon1. The Kier molecular flexibility index (Phi) is 2.89. The quantitative estimate of drug-likeness (QED) is 0.786. The van der Waals surface area contributed by atoms with Crippen molar-refractivity contribution in [2.24, 2.45) is 5.92 Å². The molecule has 2 rings (SSSR count). The monoisotopic (exact) mass is 224 g/mol. The van der Waals surface area contributed by atoms with Gasteiger partial charge in [-0.1, -0.05) is 11.6 Å². The van der Waals surface area contributed by atoms with E-state index in [1.165, 1.54) is 12.3 Å². The summed E-state index contributed by atoms with van der Waals surface area (Å²) in [7, 11) is 0. The minimum Gasteiger partial charge on any atom is -0.481 e. The van der Waals surface area contributed by atoms with Crippen LogP contribution >= 0.6 is 0 Å². The molecular weight excluding hydrogens is 212 g/mol. The average Bonchev–Trinajstić information content (AvgIpc) is 2.86. The zero-order valence-corrected chi connectivity index (χ0v) is 8.55. The van der Waals surface area contributed by atoms with Gasteiger partial charge in [-0.05, 0) is 12.8 Å². The molecule has 86 valence electrons. The van der Waals surface area contributed by atoms with Gasteiger partial charge in [0.25, 0.3) is 5.91 Å². The van der Waals surface area contributed by atoms with Crippen molar-refractivity contribution in [3.8, 4) is 0 Å². The molecule has 0 saturated heterocycles. The number of carbonyl (C=O) groups excluding carboxylic acids is 1. The van der Waals surface area contributed by atoms with Crippen LogP contribution in [-0.2, 0) is 4.79 Å². The van der Waals surface area contributed by atoms with Gasteiger partial charge in [0.1, 0.15) is 6.26 Å². The Hall–Kier alpha value is -1.85. The van der Waals surface area contributed by atoms with Crippen molar-refractivity contribution in [3.63, 3.8) is 0 Å². The molecule has 1 aromatic heterocycles. The van der Waals surface area contributed by atoms with E-state index in [1.54, 1.807) is 0 Å². The van der Waals surface area contributed by atoms with E-state index < -0.39 is 11.9 Å². The van der Waals surface area contributed by atoms with E-state index in [4.69, 9.17) is 5.11 Å². The maximum absolute atomic E-state index is 11.6. The summed E-state index contributed by atoms with van der Waals surface area (Å²) >= 11 is 0. The first-order valence-electron chi connectivity index (χ1n) is 5.12. The molecule has 6 nitrogen and oxygen atoms in total. The molecule has 0 radical (unpaired) electrons. The minimum atomic E-state index is -0.858. The van der Waals surface area contributed by atoms with Gasteiger partial charge >= 0.3 is 5.97 Å². The highest BCUT2D eigenvalue weighted by Crippen LogP contribution is 2.25. The van der Waals surface area contributed by atoms with E-state index in [-0.39, 0.29) is 17.6 Å². The molecule has 0 aromatic carbocycles. The van der Waals surface area contributed by atoms with Gasteiger partial charge in [0.2, 0.25) is 0 Å². The number of aliphatic carboxylic acids is 1. The van der Waals surface area contributed by atoms with E-state index >= 15 is 0 Å². The zero-order valence-electron chi connectivity index (χ0n) is 8.55. The topological polar surface area (TPSA) is 92.4 Å². The first kappa shape index (κ1) is 10.7. The molecule has 16 heavy (non-hydrogen) atoms. The highest BCUT2D eigenvalue weighted by molar-refractivity contribution is 5.92. The van der Waals surface area contributed by atoms with Gasteiger partial charge < -0.3 is 14.9 Å². The predicted octanol–water partition coefficient (Wildman–Crippen LogP) is 0.658.